The largest absolute Gasteiger partial charge is 0.369 e. The number of halogens is 1. The summed E-state index contributed by atoms with van der Waals surface area (Å²) in [6, 6.07) is 7.25. The van der Waals surface area contributed by atoms with E-state index in [0.717, 1.165) is 24.1 Å². The molecule has 4 N–H and O–H groups in total. The second kappa shape index (κ2) is 5.49. The van der Waals surface area contributed by atoms with Gasteiger partial charge in [0.05, 0.1) is 5.56 Å². The van der Waals surface area contributed by atoms with E-state index in [1.54, 1.807) is 6.07 Å². The normalized spacial score (nSPS) is 19.5. The highest BCUT2D eigenvalue weighted by atomic mass is 35.5. The summed E-state index contributed by atoms with van der Waals surface area (Å²) in [6.07, 6.45) is 1.97. The second-order valence-corrected chi connectivity index (χ2v) is 6.37. The molecule has 4 rings (SSSR count). The Bertz CT molecular complexity index is 948. The summed E-state index contributed by atoms with van der Waals surface area (Å²) in [6.45, 7) is 0. The van der Waals surface area contributed by atoms with E-state index in [0.29, 0.717) is 28.4 Å². The minimum Gasteiger partial charge on any atom is -0.369 e. The van der Waals surface area contributed by atoms with Gasteiger partial charge in [-0.25, -0.2) is 0 Å². The van der Waals surface area contributed by atoms with E-state index in [2.05, 4.69) is 15.3 Å². The van der Waals surface area contributed by atoms with Crippen molar-refractivity contribution in [3.8, 4) is 0 Å². The van der Waals surface area contributed by atoms with Crippen molar-refractivity contribution in [3.05, 3.63) is 62.0 Å². The number of rotatable bonds is 1. The third-order valence-corrected chi connectivity index (χ3v) is 4.84. The molecule has 0 saturated carbocycles. The zero-order valence-electron chi connectivity index (χ0n) is 12.7. The maximum absolute atomic E-state index is 12.6. The molecule has 6 nitrogen and oxygen atoms in total. The number of nitrogens with zero attached hydrogens (tertiary/aromatic N) is 1. The number of nitrogens with two attached hydrogens (primary N) is 1. The molecule has 0 fully saturated rings. The average Bonchev–Trinajstić information content (AvgIpc) is 2.53. The number of nitrogens with one attached hydrogen (secondary N) is 2. The highest BCUT2D eigenvalue weighted by Crippen LogP contribution is 2.44. The Balaban J connectivity index is 2.04. The molecule has 0 saturated heterocycles. The lowest BCUT2D eigenvalue weighted by Gasteiger charge is -2.33. The Kier molecular flexibility index (Phi) is 3.42. The van der Waals surface area contributed by atoms with Crippen LogP contribution in [0.2, 0.25) is 5.02 Å². The van der Waals surface area contributed by atoms with Gasteiger partial charge in [0.2, 0.25) is 5.95 Å². The maximum Gasteiger partial charge on any atom is 0.258 e. The number of hydrogen-bond acceptors (Lipinski definition) is 5. The molecule has 1 atom stereocenters. The van der Waals surface area contributed by atoms with Crippen molar-refractivity contribution in [3.63, 3.8) is 0 Å². The van der Waals surface area contributed by atoms with Gasteiger partial charge >= 0.3 is 0 Å². The van der Waals surface area contributed by atoms with Crippen molar-refractivity contribution < 1.29 is 4.79 Å². The summed E-state index contributed by atoms with van der Waals surface area (Å²) >= 11 is 6.37. The molecule has 2 aliphatic rings. The Morgan fingerprint density at radius 1 is 1.21 bits per heavy atom. The summed E-state index contributed by atoms with van der Waals surface area (Å²) < 4.78 is 0. The van der Waals surface area contributed by atoms with Crippen molar-refractivity contribution in [2.45, 2.75) is 25.2 Å². The third kappa shape index (κ3) is 2.22. The molecule has 0 spiro atoms. The molecule has 1 aromatic carbocycles. The topological polar surface area (TPSA) is 101 Å². The first-order valence-electron chi connectivity index (χ1n) is 7.73. The monoisotopic (exact) mass is 342 g/mol. The molecule has 0 bridgehead atoms. The number of fused-ring (bicyclic) bond motifs is 1. The van der Waals surface area contributed by atoms with Gasteiger partial charge in [-0.1, -0.05) is 29.8 Å². The predicted octanol–water partition coefficient (Wildman–Crippen LogP) is 2.57. The first-order valence-corrected chi connectivity index (χ1v) is 8.11. The number of aromatic nitrogens is 2. The fourth-order valence-electron chi connectivity index (χ4n) is 3.50. The Morgan fingerprint density at radius 2 is 2.00 bits per heavy atom. The number of benzene rings is 1. The minimum atomic E-state index is -0.533. The van der Waals surface area contributed by atoms with Gasteiger partial charge in [-0.15, -0.1) is 0 Å². The van der Waals surface area contributed by atoms with Crippen LogP contribution in [0.1, 0.15) is 36.3 Å². The number of H-pyrrole nitrogens is 1. The van der Waals surface area contributed by atoms with E-state index >= 15 is 0 Å². The van der Waals surface area contributed by atoms with Crippen LogP contribution in [-0.2, 0) is 4.79 Å². The van der Waals surface area contributed by atoms with E-state index in [1.165, 1.54) is 0 Å². The number of ketones is 1. The molecule has 2 heterocycles. The first-order chi connectivity index (χ1) is 11.6. The van der Waals surface area contributed by atoms with Crippen LogP contribution in [0, 0.1) is 0 Å². The molecule has 24 heavy (non-hydrogen) atoms. The number of anilines is 2. The highest BCUT2D eigenvalue weighted by Gasteiger charge is 2.38. The quantitative estimate of drug-likeness (QED) is 0.739. The number of Topliss-reactive ketones (excluding diaryl/α,β-unsaturated/α-hetero) is 1. The summed E-state index contributed by atoms with van der Waals surface area (Å²) in [5.74, 6) is -0.0601. The van der Waals surface area contributed by atoms with Gasteiger partial charge in [0, 0.05) is 28.6 Å². The van der Waals surface area contributed by atoms with E-state index in [4.69, 9.17) is 17.3 Å². The van der Waals surface area contributed by atoms with Crippen LogP contribution in [-0.4, -0.2) is 15.8 Å². The Labute approximate surface area is 142 Å². The fraction of sp³-hybridized carbons (Fsp3) is 0.235. The van der Waals surface area contributed by atoms with Gasteiger partial charge in [-0.2, -0.15) is 4.98 Å². The Hall–Kier alpha value is -2.60. The molecule has 0 amide bonds. The lowest BCUT2D eigenvalue weighted by atomic mass is 9.76. The zero-order chi connectivity index (χ0) is 16.8. The molecule has 0 radical (unpaired) electrons. The standard InChI is InChI=1S/C17H15ClN4O2/c18-9-5-2-1-4-8(9)12-13-10(6-3-7-11(13)23)20-15-14(12)16(24)22-17(19)21-15/h1-2,4-5,12H,3,6-7H2,(H4,19,20,21,22,24). The summed E-state index contributed by atoms with van der Waals surface area (Å²) in [5.41, 5.74) is 7.84. The van der Waals surface area contributed by atoms with Gasteiger partial charge in [0.25, 0.3) is 5.56 Å². The van der Waals surface area contributed by atoms with Crippen molar-refractivity contribution in [2.24, 2.45) is 0 Å². The number of allylic oxidation sites excluding steroid dienone is 2. The van der Waals surface area contributed by atoms with Crippen LogP contribution in [0.4, 0.5) is 11.8 Å². The smallest absolute Gasteiger partial charge is 0.258 e. The number of carbonyl (C=O) groups is 1. The van der Waals surface area contributed by atoms with Crippen LogP contribution in [0.3, 0.4) is 0 Å². The molecule has 1 aliphatic heterocycles. The summed E-state index contributed by atoms with van der Waals surface area (Å²) in [7, 11) is 0. The predicted molar refractivity (Wildman–Crippen MR) is 92.1 cm³/mol. The summed E-state index contributed by atoms with van der Waals surface area (Å²) in [5, 5.41) is 3.65. The lowest BCUT2D eigenvalue weighted by Crippen LogP contribution is -2.33. The summed E-state index contributed by atoms with van der Waals surface area (Å²) in [4.78, 5) is 31.9. The number of aromatic amines is 1. The van der Waals surface area contributed by atoms with Crippen LogP contribution in [0.5, 0.6) is 0 Å². The SMILES string of the molecule is Nc1nc2c(c(=O)[nH]1)C(c1ccccc1Cl)C1=C(CCCC1=O)N2. The van der Waals surface area contributed by atoms with Crippen LogP contribution >= 0.6 is 11.6 Å². The van der Waals surface area contributed by atoms with Crippen LogP contribution in [0.15, 0.2) is 40.3 Å². The molecule has 7 heteroatoms. The van der Waals surface area contributed by atoms with Crippen LogP contribution in [0.25, 0.3) is 0 Å². The maximum atomic E-state index is 12.6. The highest BCUT2D eigenvalue weighted by molar-refractivity contribution is 6.31. The molecular formula is C17H15ClN4O2. The molecule has 2 aromatic rings. The number of hydrogen-bond donors (Lipinski definition) is 3. The minimum absolute atomic E-state index is 0.0374. The third-order valence-electron chi connectivity index (χ3n) is 4.49. The first kappa shape index (κ1) is 15.0. The van der Waals surface area contributed by atoms with Gasteiger partial charge in [-0.05, 0) is 24.5 Å². The van der Waals surface area contributed by atoms with Gasteiger partial charge in [0.1, 0.15) is 5.82 Å². The van der Waals surface area contributed by atoms with Crippen molar-refractivity contribution in [1.82, 2.24) is 9.97 Å². The Morgan fingerprint density at radius 3 is 2.79 bits per heavy atom. The van der Waals surface area contributed by atoms with Crippen molar-refractivity contribution in [2.75, 3.05) is 11.1 Å². The van der Waals surface area contributed by atoms with Crippen molar-refractivity contribution >= 4 is 29.2 Å². The number of nitrogen functional groups attached to an aromatic ring is 1. The zero-order valence-corrected chi connectivity index (χ0v) is 13.5. The van der Waals surface area contributed by atoms with E-state index < -0.39 is 5.92 Å². The van der Waals surface area contributed by atoms with Crippen LogP contribution < -0.4 is 16.6 Å². The van der Waals surface area contributed by atoms with E-state index in [-0.39, 0.29) is 17.3 Å². The molecule has 1 unspecified atom stereocenters. The lowest BCUT2D eigenvalue weighted by molar-refractivity contribution is -0.116. The molecule has 122 valence electrons. The average molecular weight is 343 g/mol. The van der Waals surface area contributed by atoms with E-state index in [1.807, 2.05) is 18.2 Å². The van der Waals surface area contributed by atoms with Gasteiger partial charge < -0.3 is 11.1 Å². The van der Waals surface area contributed by atoms with Crippen molar-refractivity contribution in [1.29, 1.82) is 0 Å². The molecule has 1 aromatic heterocycles. The fourth-order valence-corrected chi connectivity index (χ4v) is 3.74. The van der Waals surface area contributed by atoms with E-state index in [9.17, 15) is 9.59 Å². The second-order valence-electron chi connectivity index (χ2n) is 5.96. The molecular weight excluding hydrogens is 328 g/mol. The van der Waals surface area contributed by atoms with Gasteiger partial charge in [0.15, 0.2) is 5.78 Å². The van der Waals surface area contributed by atoms with Gasteiger partial charge in [-0.3, -0.25) is 14.6 Å². The molecule has 1 aliphatic carbocycles. The number of carbonyl (C=O) groups excluding carboxylic acids is 1.